The van der Waals surface area contributed by atoms with Crippen LogP contribution < -0.4 is 0 Å². The fraction of sp³-hybridized carbons (Fsp3) is 0. The fourth-order valence-corrected chi connectivity index (χ4v) is 5.88. The molecule has 0 saturated heterocycles. The maximum atomic E-state index is 2.23. The van der Waals surface area contributed by atoms with Crippen LogP contribution in [0.5, 0.6) is 0 Å². The number of benzene rings is 4. The van der Waals surface area contributed by atoms with Gasteiger partial charge in [0, 0.05) is 19.6 Å². The molecule has 1 aliphatic heterocycles. The first-order valence-corrected chi connectivity index (χ1v) is 10.3. The minimum absolute atomic E-state index is 1.28. The smallest absolute Gasteiger partial charge is 0.0341 e. The Balaban J connectivity index is 1.66. The highest BCUT2D eigenvalue weighted by Crippen LogP contribution is 2.54. The van der Waals surface area contributed by atoms with E-state index in [0.717, 1.165) is 0 Å². The average molecular weight is 369 g/mol. The summed E-state index contributed by atoms with van der Waals surface area (Å²) in [5.41, 5.74) is 5.18. The van der Waals surface area contributed by atoms with Crippen molar-refractivity contribution in [1.82, 2.24) is 0 Å². The van der Waals surface area contributed by atoms with Crippen LogP contribution in [0.25, 0.3) is 22.3 Å². The molecule has 0 radical (unpaired) electrons. The molecule has 0 atom stereocenters. The van der Waals surface area contributed by atoms with Crippen LogP contribution >= 0.6 is 23.5 Å². The molecule has 4 aromatic carbocycles. The SMILES string of the molecule is c1ccc(-c2cccc3c2Sc2c(cccc2-c2ccccc2)S3)cc1. The van der Waals surface area contributed by atoms with Gasteiger partial charge in [0.15, 0.2) is 0 Å². The van der Waals surface area contributed by atoms with Crippen LogP contribution in [-0.4, -0.2) is 0 Å². The van der Waals surface area contributed by atoms with Crippen LogP contribution in [0.4, 0.5) is 0 Å². The van der Waals surface area contributed by atoms with E-state index >= 15 is 0 Å². The average Bonchev–Trinajstić information content (AvgIpc) is 2.72. The molecule has 0 aliphatic carbocycles. The molecule has 0 nitrogen and oxygen atoms in total. The van der Waals surface area contributed by atoms with Gasteiger partial charge in [-0.1, -0.05) is 108 Å². The summed E-state index contributed by atoms with van der Waals surface area (Å²) in [6, 6.07) is 34.6. The minimum atomic E-state index is 1.28. The monoisotopic (exact) mass is 368 g/mol. The van der Waals surface area contributed by atoms with Gasteiger partial charge >= 0.3 is 0 Å². The van der Waals surface area contributed by atoms with Crippen molar-refractivity contribution in [1.29, 1.82) is 0 Å². The van der Waals surface area contributed by atoms with E-state index in [1.807, 2.05) is 23.5 Å². The number of hydrogen-bond acceptors (Lipinski definition) is 2. The Bertz CT molecular complexity index is 983. The first-order chi connectivity index (χ1) is 12.9. The molecule has 0 amide bonds. The van der Waals surface area contributed by atoms with Gasteiger partial charge in [0.25, 0.3) is 0 Å². The van der Waals surface area contributed by atoms with Gasteiger partial charge < -0.3 is 0 Å². The summed E-state index contributed by atoms with van der Waals surface area (Å²) >= 11 is 3.78. The first kappa shape index (κ1) is 15.8. The predicted octanol–water partition coefficient (Wildman–Crippen LogP) is 7.64. The third-order valence-corrected chi connectivity index (χ3v) is 7.22. The maximum absolute atomic E-state index is 2.23. The van der Waals surface area contributed by atoms with E-state index in [2.05, 4.69) is 97.1 Å². The predicted molar refractivity (Wildman–Crippen MR) is 112 cm³/mol. The van der Waals surface area contributed by atoms with Crippen LogP contribution in [0.3, 0.4) is 0 Å². The van der Waals surface area contributed by atoms with Crippen LogP contribution in [0, 0.1) is 0 Å². The van der Waals surface area contributed by atoms with Gasteiger partial charge in [-0.15, -0.1) is 0 Å². The van der Waals surface area contributed by atoms with E-state index in [1.165, 1.54) is 41.8 Å². The molecule has 0 bridgehead atoms. The van der Waals surface area contributed by atoms with Crippen molar-refractivity contribution in [3.05, 3.63) is 97.1 Å². The summed E-state index contributed by atoms with van der Waals surface area (Å²) in [7, 11) is 0. The first-order valence-electron chi connectivity index (χ1n) is 8.63. The lowest BCUT2D eigenvalue weighted by Crippen LogP contribution is -1.94. The standard InChI is InChI=1S/C24H16S2/c1-3-9-17(10-4-1)19-13-7-15-21-23(19)26-24-20(14-8-16-22(24)25-21)18-11-5-2-6-12-18/h1-16H. The van der Waals surface area contributed by atoms with Gasteiger partial charge in [0.1, 0.15) is 0 Å². The van der Waals surface area contributed by atoms with Gasteiger partial charge in [0.05, 0.1) is 0 Å². The summed E-state index contributed by atoms with van der Waals surface area (Å²) in [5, 5.41) is 0. The van der Waals surface area contributed by atoms with Gasteiger partial charge in [-0.25, -0.2) is 0 Å². The molecule has 0 saturated carbocycles. The number of rotatable bonds is 2. The van der Waals surface area contributed by atoms with E-state index < -0.39 is 0 Å². The van der Waals surface area contributed by atoms with Crippen molar-refractivity contribution in [3.8, 4) is 22.3 Å². The summed E-state index contributed by atoms with van der Waals surface area (Å²) in [4.78, 5) is 5.40. The second kappa shape index (κ2) is 6.71. The zero-order valence-electron chi connectivity index (χ0n) is 14.1. The van der Waals surface area contributed by atoms with Gasteiger partial charge in [-0.3, -0.25) is 0 Å². The third-order valence-electron chi connectivity index (χ3n) is 4.55. The lowest BCUT2D eigenvalue weighted by Gasteiger charge is -2.23. The Morgan fingerprint density at radius 2 is 0.846 bits per heavy atom. The van der Waals surface area contributed by atoms with E-state index in [0.29, 0.717) is 0 Å². The Labute approximate surface area is 162 Å². The second-order valence-corrected chi connectivity index (χ2v) is 8.31. The Kier molecular flexibility index (Phi) is 4.08. The van der Waals surface area contributed by atoms with Crippen molar-refractivity contribution in [2.24, 2.45) is 0 Å². The van der Waals surface area contributed by atoms with Crippen LogP contribution in [0.1, 0.15) is 0 Å². The molecular formula is C24H16S2. The second-order valence-electron chi connectivity index (χ2n) is 6.20. The molecule has 0 fully saturated rings. The highest BCUT2D eigenvalue weighted by molar-refractivity contribution is 8.05. The quantitative estimate of drug-likeness (QED) is 0.314. The highest BCUT2D eigenvalue weighted by atomic mass is 32.2. The molecule has 0 spiro atoms. The molecular weight excluding hydrogens is 352 g/mol. The molecule has 1 aliphatic rings. The third kappa shape index (κ3) is 2.76. The van der Waals surface area contributed by atoms with Crippen molar-refractivity contribution in [2.45, 2.75) is 19.6 Å². The molecule has 124 valence electrons. The van der Waals surface area contributed by atoms with Crippen molar-refractivity contribution in [2.75, 3.05) is 0 Å². The lowest BCUT2D eigenvalue weighted by molar-refractivity contribution is 1.16. The summed E-state index contributed by atoms with van der Waals surface area (Å²) < 4.78 is 0. The van der Waals surface area contributed by atoms with Crippen molar-refractivity contribution in [3.63, 3.8) is 0 Å². The molecule has 0 N–H and O–H groups in total. The molecule has 2 heteroatoms. The molecule has 1 heterocycles. The Morgan fingerprint density at radius 3 is 1.31 bits per heavy atom. The van der Waals surface area contributed by atoms with Crippen LogP contribution in [0.15, 0.2) is 117 Å². The molecule has 26 heavy (non-hydrogen) atoms. The van der Waals surface area contributed by atoms with Crippen molar-refractivity contribution >= 4 is 23.5 Å². The molecule has 0 unspecified atom stereocenters. The van der Waals surface area contributed by atoms with E-state index in [-0.39, 0.29) is 0 Å². The zero-order valence-corrected chi connectivity index (χ0v) is 15.7. The van der Waals surface area contributed by atoms with Gasteiger partial charge in [0.2, 0.25) is 0 Å². The van der Waals surface area contributed by atoms with E-state index in [1.54, 1.807) is 0 Å². The van der Waals surface area contributed by atoms with Gasteiger partial charge in [-0.2, -0.15) is 0 Å². The van der Waals surface area contributed by atoms with Gasteiger partial charge in [-0.05, 0) is 34.4 Å². The normalized spacial score (nSPS) is 12.3. The number of hydrogen-bond donors (Lipinski definition) is 0. The maximum Gasteiger partial charge on any atom is 0.0341 e. The molecule has 5 rings (SSSR count). The van der Waals surface area contributed by atoms with E-state index in [4.69, 9.17) is 0 Å². The summed E-state index contributed by atoms with van der Waals surface area (Å²) in [6.45, 7) is 0. The van der Waals surface area contributed by atoms with E-state index in [9.17, 15) is 0 Å². The summed E-state index contributed by atoms with van der Waals surface area (Å²) in [6.07, 6.45) is 0. The molecule has 4 aromatic rings. The van der Waals surface area contributed by atoms with Crippen LogP contribution in [-0.2, 0) is 0 Å². The van der Waals surface area contributed by atoms with Crippen molar-refractivity contribution < 1.29 is 0 Å². The largest absolute Gasteiger partial charge is 0.0877 e. The van der Waals surface area contributed by atoms with Crippen LogP contribution in [0.2, 0.25) is 0 Å². The molecule has 0 aromatic heterocycles. The lowest BCUT2D eigenvalue weighted by atomic mass is 10.1. The highest BCUT2D eigenvalue weighted by Gasteiger charge is 2.22. The Hall–Kier alpha value is -2.42. The number of fused-ring (bicyclic) bond motifs is 2. The minimum Gasteiger partial charge on any atom is -0.0877 e. The Morgan fingerprint density at radius 1 is 0.385 bits per heavy atom. The zero-order chi connectivity index (χ0) is 17.3. The topological polar surface area (TPSA) is 0 Å². The fourth-order valence-electron chi connectivity index (χ4n) is 3.31. The summed E-state index contributed by atoms with van der Waals surface area (Å²) in [5.74, 6) is 0.